The fourth-order valence-electron chi connectivity index (χ4n) is 1.85. The number of ether oxygens (including phenoxy) is 1. The zero-order valence-electron chi connectivity index (χ0n) is 9.03. The van der Waals surface area contributed by atoms with Gasteiger partial charge in [-0.15, -0.1) is 6.42 Å². The topological polar surface area (TPSA) is 12.5 Å². The second kappa shape index (κ2) is 5.11. The zero-order valence-corrected chi connectivity index (χ0v) is 9.03. The van der Waals surface area contributed by atoms with Crippen molar-refractivity contribution >= 4 is 0 Å². The van der Waals surface area contributed by atoms with Crippen molar-refractivity contribution in [2.45, 2.75) is 6.10 Å². The van der Waals surface area contributed by atoms with E-state index in [2.05, 4.69) is 10.8 Å². The van der Waals surface area contributed by atoms with Crippen LogP contribution < -0.4 is 0 Å². The van der Waals surface area contributed by atoms with E-state index in [0.717, 1.165) is 18.7 Å². The Morgan fingerprint density at radius 1 is 1.44 bits per heavy atom. The average molecular weight is 219 g/mol. The zero-order chi connectivity index (χ0) is 11.4. The maximum Gasteiger partial charge on any atom is 0.123 e. The van der Waals surface area contributed by atoms with Crippen LogP contribution in [0.2, 0.25) is 0 Å². The molecule has 84 valence electrons. The van der Waals surface area contributed by atoms with E-state index in [1.54, 1.807) is 12.1 Å². The summed E-state index contributed by atoms with van der Waals surface area (Å²) < 4.78 is 18.4. The number of hydrogen-bond acceptors (Lipinski definition) is 2. The molecule has 0 amide bonds. The van der Waals surface area contributed by atoms with E-state index in [4.69, 9.17) is 11.2 Å². The SMILES string of the molecule is C#CCN1CCO[C@@H](c2ccc(F)cc2)C1. The third-order valence-corrected chi connectivity index (χ3v) is 2.71. The molecule has 1 aliphatic rings. The van der Waals surface area contributed by atoms with Crippen LogP contribution in [0.3, 0.4) is 0 Å². The van der Waals surface area contributed by atoms with Crippen LogP contribution in [-0.4, -0.2) is 31.1 Å². The number of benzene rings is 1. The van der Waals surface area contributed by atoms with Crippen molar-refractivity contribution in [1.82, 2.24) is 4.90 Å². The molecule has 1 aromatic carbocycles. The average Bonchev–Trinajstić information content (AvgIpc) is 2.31. The summed E-state index contributed by atoms with van der Waals surface area (Å²) >= 11 is 0. The number of nitrogens with zero attached hydrogens (tertiary/aromatic N) is 1. The molecule has 0 saturated carbocycles. The maximum absolute atomic E-state index is 12.8. The van der Waals surface area contributed by atoms with Crippen molar-refractivity contribution < 1.29 is 9.13 Å². The monoisotopic (exact) mass is 219 g/mol. The minimum atomic E-state index is -0.222. The summed E-state index contributed by atoms with van der Waals surface area (Å²) in [6.07, 6.45) is 5.28. The Balaban J connectivity index is 2.04. The highest BCUT2D eigenvalue weighted by Crippen LogP contribution is 2.22. The normalized spacial score (nSPS) is 21.6. The van der Waals surface area contributed by atoms with Gasteiger partial charge in [-0.25, -0.2) is 4.39 Å². The molecular formula is C13H14FNO. The van der Waals surface area contributed by atoms with Gasteiger partial charge in [0.2, 0.25) is 0 Å². The van der Waals surface area contributed by atoms with Gasteiger partial charge in [-0.3, -0.25) is 4.90 Å². The van der Waals surface area contributed by atoms with Crippen LogP contribution >= 0.6 is 0 Å². The Bertz CT molecular complexity index is 382. The molecule has 0 aliphatic carbocycles. The predicted molar refractivity (Wildman–Crippen MR) is 60.4 cm³/mol. The van der Waals surface area contributed by atoms with Gasteiger partial charge in [-0.05, 0) is 17.7 Å². The van der Waals surface area contributed by atoms with Crippen LogP contribution in [0.1, 0.15) is 11.7 Å². The molecule has 16 heavy (non-hydrogen) atoms. The van der Waals surface area contributed by atoms with E-state index in [1.165, 1.54) is 12.1 Å². The van der Waals surface area contributed by atoms with Crippen molar-refractivity contribution in [3.63, 3.8) is 0 Å². The minimum absolute atomic E-state index is 0.00250. The minimum Gasteiger partial charge on any atom is -0.371 e. The van der Waals surface area contributed by atoms with Crippen LogP contribution in [-0.2, 0) is 4.74 Å². The molecule has 0 unspecified atom stereocenters. The van der Waals surface area contributed by atoms with Gasteiger partial charge in [0.25, 0.3) is 0 Å². The van der Waals surface area contributed by atoms with Crippen molar-refractivity contribution in [1.29, 1.82) is 0 Å². The lowest BCUT2D eigenvalue weighted by molar-refractivity contribution is -0.0253. The lowest BCUT2D eigenvalue weighted by Crippen LogP contribution is -2.38. The molecule has 3 heteroatoms. The molecule has 0 radical (unpaired) electrons. The molecule has 1 aliphatic heterocycles. The van der Waals surface area contributed by atoms with Gasteiger partial charge in [0, 0.05) is 13.1 Å². The van der Waals surface area contributed by atoms with Crippen LogP contribution in [0.25, 0.3) is 0 Å². The number of hydrogen-bond donors (Lipinski definition) is 0. The quantitative estimate of drug-likeness (QED) is 0.704. The van der Waals surface area contributed by atoms with Crippen LogP contribution in [0.15, 0.2) is 24.3 Å². The Morgan fingerprint density at radius 2 is 2.19 bits per heavy atom. The van der Waals surface area contributed by atoms with Crippen LogP contribution in [0, 0.1) is 18.2 Å². The third-order valence-electron chi connectivity index (χ3n) is 2.71. The predicted octanol–water partition coefficient (Wildman–Crippen LogP) is 1.83. The van der Waals surface area contributed by atoms with Gasteiger partial charge in [-0.1, -0.05) is 18.1 Å². The Kier molecular flexibility index (Phi) is 3.55. The van der Waals surface area contributed by atoms with Crippen molar-refractivity contribution in [3.05, 3.63) is 35.6 Å². The standard InChI is InChI=1S/C13H14FNO/c1-2-7-15-8-9-16-13(10-15)11-3-5-12(14)6-4-11/h1,3-6,13H,7-10H2/t13-/m1/s1. The third kappa shape index (κ3) is 2.60. The van der Waals surface area contributed by atoms with Gasteiger partial charge < -0.3 is 4.74 Å². The van der Waals surface area contributed by atoms with Crippen molar-refractivity contribution in [2.24, 2.45) is 0 Å². The number of rotatable bonds is 2. The van der Waals surface area contributed by atoms with E-state index in [9.17, 15) is 4.39 Å². The van der Waals surface area contributed by atoms with E-state index in [-0.39, 0.29) is 11.9 Å². The second-order valence-corrected chi connectivity index (χ2v) is 3.85. The first-order chi connectivity index (χ1) is 7.79. The van der Waals surface area contributed by atoms with E-state index in [1.807, 2.05) is 0 Å². The molecule has 1 atom stereocenters. The molecule has 1 saturated heterocycles. The molecule has 1 heterocycles. The summed E-state index contributed by atoms with van der Waals surface area (Å²) in [6.45, 7) is 2.95. The Morgan fingerprint density at radius 3 is 2.88 bits per heavy atom. The molecule has 1 fully saturated rings. The molecule has 2 nitrogen and oxygen atoms in total. The van der Waals surface area contributed by atoms with Crippen LogP contribution in [0.5, 0.6) is 0 Å². The molecule has 0 aromatic heterocycles. The van der Waals surface area contributed by atoms with Crippen molar-refractivity contribution in [3.8, 4) is 12.3 Å². The van der Waals surface area contributed by atoms with E-state index < -0.39 is 0 Å². The molecule has 1 aromatic rings. The lowest BCUT2D eigenvalue weighted by Gasteiger charge is -2.31. The summed E-state index contributed by atoms with van der Waals surface area (Å²) in [7, 11) is 0. The number of morpholine rings is 1. The lowest BCUT2D eigenvalue weighted by atomic mass is 10.1. The van der Waals surface area contributed by atoms with E-state index in [0.29, 0.717) is 13.2 Å². The van der Waals surface area contributed by atoms with E-state index >= 15 is 0 Å². The van der Waals surface area contributed by atoms with Gasteiger partial charge in [0.15, 0.2) is 0 Å². The Labute approximate surface area is 95.0 Å². The maximum atomic E-state index is 12.8. The van der Waals surface area contributed by atoms with Gasteiger partial charge >= 0.3 is 0 Å². The summed E-state index contributed by atoms with van der Waals surface area (Å²) in [5.74, 6) is 2.41. The van der Waals surface area contributed by atoms with Gasteiger partial charge in [-0.2, -0.15) is 0 Å². The highest BCUT2D eigenvalue weighted by atomic mass is 19.1. The van der Waals surface area contributed by atoms with Gasteiger partial charge in [0.1, 0.15) is 5.82 Å². The van der Waals surface area contributed by atoms with Gasteiger partial charge in [0.05, 0.1) is 19.3 Å². The molecule has 0 spiro atoms. The second-order valence-electron chi connectivity index (χ2n) is 3.85. The summed E-state index contributed by atoms with van der Waals surface area (Å²) in [5, 5.41) is 0. The fraction of sp³-hybridized carbons (Fsp3) is 0.385. The summed E-state index contributed by atoms with van der Waals surface area (Å²) in [5.41, 5.74) is 1.00. The van der Waals surface area contributed by atoms with Crippen molar-refractivity contribution in [2.75, 3.05) is 26.2 Å². The number of halogens is 1. The largest absolute Gasteiger partial charge is 0.371 e. The highest BCUT2D eigenvalue weighted by Gasteiger charge is 2.21. The van der Waals surface area contributed by atoms with Crippen LogP contribution in [0.4, 0.5) is 4.39 Å². The highest BCUT2D eigenvalue weighted by molar-refractivity contribution is 5.19. The molecular weight excluding hydrogens is 205 g/mol. The molecule has 0 bridgehead atoms. The summed E-state index contributed by atoms with van der Waals surface area (Å²) in [6, 6.07) is 6.44. The number of terminal acetylenes is 1. The molecule has 2 rings (SSSR count). The first-order valence-electron chi connectivity index (χ1n) is 5.32. The smallest absolute Gasteiger partial charge is 0.123 e. The Hall–Kier alpha value is -1.37. The first-order valence-corrected chi connectivity index (χ1v) is 5.32. The fourth-order valence-corrected chi connectivity index (χ4v) is 1.85. The first kappa shape index (κ1) is 11.1. The molecule has 0 N–H and O–H groups in total. The summed E-state index contributed by atoms with van der Waals surface area (Å²) in [4.78, 5) is 2.16.